The van der Waals surface area contributed by atoms with Gasteiger partial charge in [-0.2, -0.15) is 12.6 Å². The van der Waals surface area contributed by atoms with Gasteiger partial charge in [-0.15, -0.1) is 0 Å². The number of hydrogen-bond donors (Lipinski definition) is 4. The Balaban J connectivity index is 0.00000301. The molecule has 3 aromatic rings. The lowest BCUT2D eigenvalue weighted by atomic mass is 10.0. The van der Waals surface area contributed by atoms with Crippen LogP contribution in [0.25, 0.3) is 17.0 Å². The minimum absolute atomic E-state index is 0.354. The molecule has 3 N–H and O–H groups in total. The van der Waals surface area contributed by atoms with Crippen molar-refractivity contribution in [3.63, 3.8) is 0 Å². The Morgan fingerprint density at radius 3 is 2.45 bits per heavy atom. The van der Waals surface area contributed by atoms with Crippen molar-refractivity contribution in [2.45, 2.75) is 40.2 Å². The number of hydrogen-bond acceptors (Lipinski definition) is 8. The van der Waals surface area contributed by atoms with Crippen LogP contribution in [0.3, 0.4) is 0 Å². The van der Waals surface area contributed by atoms with Crippen LogP contribution in [0.5, 0.6) is 11.5 Å². The zero-order chi connectivity index (χ0) is 30.9. The monoisotopic (exact) mass is 602 g/mol. The fourth-order valence-electron chi connectivity index (χ4n) is 4.26. The Morgan fingerprint density at radius 2 is 1.81 bits per heavy atom. The van der Waals surface area contributed by atoms with Crippen LogP contribution in [-0.2, 0) is 17.7 Å². The van der Waals surface area contributed by atoms with Crippen molar-refractivity contribution < 1.29 is 23.0 Å². The minimum Gasteiger partial charge on any atom is -0.491 e. The first-order chi connectivity index (χ1) is 20.4. The number of benzene rings is 2. The molecule has 2 aromatic carbocycles. The van der Waals surface area contributed by atoms with Crippen LogP contribution in [0, 0.1) is 11.6 Å². The molecule has 0 unspecified atom stereocenters. The van der Waals surface area contributed by atoms with Gasteiger partial charge >= 0.3 is 0 Å². The first-order valence-corrected chi connectivity index (χ1v) is 15.0. The molecule has 0 aliphatic carbocycles. The number of nitrogens with zero attached hydrogens (tertiary/aromatic N) is 1. The molecule has 42 heavy (non-hydrogen) atoms. The van der Waals surface area contributed by atoms with E-state index < -0.39 is 11.6 Å². The first-order valence-electron chi connectivity index (χ1n) is 14.1. The summed E-state index contributed by atoms with van der Waals surface area (Å²) in [4.78, 5) is 4.83. The topological polar surface area (TPSA) is 76.7 Å². The standard InChI is InChI=1S/C31H40F2N4O3.CH4S/c1-6-15-40-29-12-10-21(18-28(29)34-4)27(7-2)36-14-13-24-16-23(19-35-20-38-5)31(39-8-3)30(37-24)22-9-11-25(32)26(33)17-22;1-2/h7,9-12,16-18,34-36H,6,8,13-15,19-20H2,1-5H3;2H,1H3/b27-7-;. The Morgan fingerprint density at radius 1 is 1.02 bits per heavy atom. The van der Waals surface area contributed by atoms with Gasteiger partial charge in [-0.05, 0) is 74.6 Å². The van der Waals surface area contributed by atoms with Gasteiger partial charge in [0, 0.05) is 56.2 Å². The third kappa shape index (κ3) is 9.89. The van der Waals surface area contributed by atoms with Crippen LogP contribution in [0.1, 0.15) is 44.0 Å². The summed E-state index contributed by atoms with van der Waals surface area (Å²) in [5.41, 5.74) is 5.50. The predicted octanol–water partition coefficient (Wildman–Crippen LogP) is 6.69. The second-order valence-corrected chi connectivity index (χ2v) is 9.06. The summed E-state index contributed by atoms with van der Waals surface area (Å²) in [5.74, 6) is -0.485. The van der Waals surface area contributed by atoms with Crippen molar-refractivity contribution in [2.75, 3.05) is 52.2 Å². The molecular weight excluding hydrogens is 558 g/mol. The minimum atomic E-state index is -0.933. The fourth-order valence-corrected chi connectivity index (χ4v) is 4.26. The van der Waals surface area contributed by atoms with E-state index >= 15 is 0 Å². The summed E-state index contributed by atoms with van der Waals surface area (Å²) in [7, 11) is 3.48. The highest BCUT2D eigenvalue weighted by Crippen LogP contribution is 2.34. The van der Waals surface area contributed by atoms with E-state index in [4.69, 9.17) is 19.2 Å². The summed E-state index contributed by atoms with van der Waals surface area (Å²) in [6, 6.07) is 11.8. The van der Waals surface area contributed by atoms with Crippen molar-refractivity contribution in [3.8, 4) is 22.8 Å². The molecule has 3 rings (SSSR count). The number of halogens is 2. The van der Waals surface area contributed by atoms with Crippen LogP contribution in [0.15, 0.2) is 48.5 Å². The van der Waals surface area contributed by atoms with E-state index in [0.717, 1.165) is 52.5 Å². The van der Waals surface area contributed by atoms with E-state index in [2.05, 4.69) is 41.6 Å². The van der Waals surface area contributed by atoms with Gasteiger partial charge in [0.05, 0.1) is 25.6 Å². The molecule has 230 valence electrons. The Labute approximate surface area is 254 Å². The average Bonchev–Trinajstić information content (AvgIpc) is 3.01. The van der Waals surface area contributed by atoms with Crippen molar-refractivity contribution in [2.24, 2.45) is 0 Å². The zero-order valence-electron chi connectivity index (χ0n) is 25.4. The molecule has 0 atom stereocenters. The summed E-state index contributed by atoms with van der Waals surface area (Å²) < 4.78 is 44.8. The summed E-state index contributed by atoms with van der Waals surface area (Å²) >= 11 is 3.53. The number of thiol groups is 1. The molecule has 0 saturated carbocycles. The molecule has 0 amide bonds. The van der Waals surface area contributed by atoms with E-state index in [0.29, 0.717) is 56.5 Å². The highest BCUT2D eigenvalue weighted by Gasteiger charge is 2.18. The lowest BCUT2D eigenvalue weighted by molar-refractivity contribution is 0.174. The van der Waals surface area contributed by atoms with Crippen LogP contribution in [0.2, 0.25) is 0 Å². The lowest BCUT2D eigenvalue weighted by Gasteiger charge is -2.18. The number of pyridine rings is 1. The molecule has 1 heterocycles. The van der Waals surface area contributed by atoms with Crippen LogP contribution < -0.4 is 25.4 Å². The number of allylic oxidation sites excluding steroid dienone is 1. The van der Waals surface area contributed by atoms with Crippen LogP contribution in [0.4, 0.5) is 14.5 Å². The molecule has 0 aliphatic rings. The molecule has 7 nitrogen and oxygen atoms in total. The molecule has 0 aliphatic heterocycles. The quantitative estimate of drug-likeness (QED) is 0.0827. The lowest BCUT2D eigenvalue weighted by Crippen LogP contribution is -2.19. The third-order valence-corrected chi connectivity index (χ3v) is 6.15. The van der Waals surface area contributed by atoms with Gasteiger partial charge < -0.3 is 24.8 Å². The predicted molar refractivity (Wildman–Crippen MR) is 172 cm³/mol. The molecule has 1 aromatic heterocycles. The molecule has 10 heteroatoms. The largest absolute Gasteiger partial charge is 0.491 e. The van der Waals surface area contributed by atoms with Gasteiger partial charge in [0.1, 0.15) is 17.2 Å². The van der Waals surface area contributed by atoms with Crippen molar-refractivity contribution in [1.29, 1.82) is 0 Å². The van der Waals surface area contributed by atoms with Crippen molar-refractivity contribution in [1.82, 2.24) is 15.6 Å². The molecule has 0 saturated heterocycles. The molecule has 0 spiro atoms. The average molecular weight is 603 g/mol. The smallest absolute Gasteiger partial charge is 0.159 e. The zero-order valence-corrected chi connectivity index (χ0v) is 26.3. The summed E-state index contributed by atoms with van der Waals surface area (Å²) in [5, 5.41) is 9.93. The van der Waals surface area contributed by atoms with Crippen LogP contribution >= 0.6 is 12.6 Å². The van der Waals surface area contributed by atoms with E-state index in [1.807, 2.05) is 45.2 Å². The van der Waals surface area contributed by atoms with Gasteiger partial charge in [-0.3, -0.25) is 5.32 Å². The molecule has 0 fully saturated rings. The number of aromatic nitrogens is 1. The Bertz CT molecular complexity index is 1290. The van der Waals surface area contributed by atoms with E-state index in [-0.39, 0.29) is 0 Å². The van der Waals surface area contributed by atoms with Gasteiger partial charge in [0.2, 0.25) is 0 Å². The highest BCUT2D eigenvalue weighted by atomic mass is 32.1. The normalized spacial score (nSPS) is 11.0. The maximum Gasteiger partial charge on any atom is 0.159 e. The van der Waals surface area contributed by atoms with Gasteiger partial charge in [-0.25, -0.2) is 13.8 Å². The van der Waals surface area contributed by atoms with Crippen LogP contribution in [-0.4, -0.2) is 51.9 Å². The summed E-state index contributed by atoms with van der Waals surface area (Å²) in [6.07, 6.45) is 5.25. The number of anilines is 1. The second kappa shape index (κ2) is 19.0. The van der Waals surface area contributed by atoms with E-state index in [1.54, 1.807) is 13.4 Å². The second-order valence-electron chi connectivity index (χ2n) is 9.06. The molecular formula is C32H44F2N4O3S. The van der Waals surface area contributed by atoms with Gasteiger partial charge in [0.25, 0.3) is 0 Å². The SMILES string of the molecule is C/C=C(\NCCc1cc(CNCOC)c(OCC)c(-c2ccc(F)c(F)c2)n1)c1ccc(OCCC)c(NC)c1.CS. The van der Waals surface area contributed by atoms with Gasteiger partial charge in [-0.1, -0.05) is 13.0 Å². The number of nitrogens with one attached hydrogen (secondary N) is 3. The molecule has 0 radical (unpaired) electrons. The number of rotatable bonds is 16. The van der Waals surface area contributed by atoms with Crippen molar-refractivity contribution >= 4 is 24.0 Å². The van der Waals surface area contributed by atoms with E-state index in [9.17, 15) is 8.78 Å². The Kier molecular flexibility index (Phi) is 15.7. The fraction of sp³-hybridized carbons (Fsp3) is 0.406. The molecule has 0 bridgehead atoms. The summed E-state index contributed by atoms with van der Waals surface area (Å²) in [6.45, 7) is 8.42. The Hall–Kier alpha value is -3.34. The van der Waals surface area contributed by atoms with E-state index in [1.165, 1.54) is 6.07 Å². The van der Waals surface area contributed by atoms with Crippen molar-refractivity contribution in [3.05, 3.63) is 77.0 Å². The number of ether oxygens (including phenoxy) is 3. The highest BCUT2D eigenvalue weighted by molar-refractivity contribution is 7.79. The van der Waals surface area contributed by atoms with Gasteiger partial charge in [0.15, 0.2) is 11.6 Å². The third-order valence-electron chi connectivity index (χ3n) is 6.15. The number of methoxy groups -OCH3 is 1. The maximum atomic E-state index is 14.2. The maximum absolute atomic E-state index is 14.2. The first kappa shape index (κ1) is 34.9.